The van der Waals surface area contributed by atoms with E-state index < -0.39 is 11.6 Å². The fraction of sp³-hybridized carbons (Fsp3) is 0.533. The van der Waals surface area contributed by atoms with Gasteiger partial charge in [-0.1, -0.05) is 6.07 Å². The van der Waals surface area contributed by atoms with E-state index in [0.717, 1.165) is 18.1 Å². The van der Waals surface area contributed by atoms with E-state index in [1.165, 1.54) is 6.07 Å². The van der Waals surface area contributed by atoms with Crippen molar-refractivity contribution in [3.8, 4) is 0 Å². The topological polar surface area (TPSA) is 41.6 Å². The van der Waals surface area contributed by atoms with E-state index in [2.05, 4.69) is 10.2 Å². The predicted octanol–water partition coefficient (Wildman–Crippen LogP) is 1.30. The Bertz CT molecular complexity index is 552. The first-order valence-corrected chi connectivity index (χ1v) is 7.10. The van der Waals surface area contributed by atoms with Crippen molar-refractivity contribution in [3.63, 3.8) is 0 Å². The molecule has 1 aromatic rings. The van der Waals surface area contributed by atoms with Crippen LogP contribution in [0.5, 0.6) is 0 Å². The van der Waals surface area contributed by atoms with Crippen molar-refractivity contribution >= 4 is 5.91 Å². The molecule has 1 aromatic carbocycles. The third-order valence-electron chi connectivity index (χ3n) is 4.21. The monoisotopic (exact) mass is 296 g/mol. The number of carbonyl (C=O) groups excluding carboxylic acids is 1. The van der Waals surface area contributed by atoms with Crippen molar-refractivity contribution < 1.29 is 18.3 Å². The van der Waals surface area contributed by atoms with Crippen molar-refractivity contribution in [1.82, 2.24) is 10.2 Å². The number of rotatable bonds is 3. The van der Waals surface area contributed by atoms with Crippen LogP contribution >= 0.6 is 0 Å². The van der Waals surface area contributed by atoms with E-state index in [1.807, 2.05) is 0 Å². The zero-order chi connectivity index (χ0) is 15.0. The molecule has 6 heteroatoms. The van der Waals surface area contributed by atoms with E-state index in [0.29, 0.717) is 19.6 Å². The van der Waals surface area contributed by atoms with Crippen LogP contribution in [0.4, 0.5) is 8.78 Å². The minimum absolute atomic E-state index is 0.0113. The molecule has 114 valence electrons. The fourth-order valence-electron chi connectivity index (χ4n) is 3.22. The Morgan fingerprint density at radius 1 is 1.38 bits per heavy atom. The molecule has 2 bridgehead atoms. The third kappa shape index (κ3) is 2.91. The average molecular weight is 296 g/mol. The highest BCUT2D eigenvalue weighted by Gasteiger charge is 2.44. The summed E-state index contributed by atoms with van der Waals surface area (Å²) >= 11 is 0. The predicted molar refractivity (Wildman–Crippen MR) is 72.5 cm³/mol. The molecular formula is C15H18F2N2O2. The number of hydrogen-bond donors (Lipinski definition) is 1. The molecule has 1 N–H and O–H groups in total. The number of nitrogens with zero attached hydrogens (tertiary/aromatic N) is 1. The summed E-state index contributed by atoms with van der Waals surface area (Å²) in [4.78, 5) is 13.9. The molecule has 3 rings (SSSR count). The average Bonchev–Trinajstić information content (AvgIpc) is 2.77. The molecule has 2 heterocycles. The van der Waals surface area contributed by atoms with E-state index >= 15 is 0 Å². The van der Waals surface area contributed by atoms with E-state index in [9.17, 15) is 13.6 Å². The Kier molecular flexibility index (Phi) is 3.91. The van der Waals surface area contributed by atoms with Gasteiger partial charge < -0.3 is 10.1 Å². The largest absolute Gasteiger partial charge is 0.371 e. The van der Waals surface area contributed by atoms with Gasteiger partial charge in [0, 0.05) is 26.7 Å². The van der Waals surface area contributed by atoms with Crippen molar-refractivity contribution in [2.75, 3.05) is 20.1 Å². The Morgan fingerprint density at radius 3 is 2.90 bits per heavy atom. The number of likely N-dealkylation sites (tertiary alicyclic amines) is 1. The minimum atomic E-state index is -0.833. The number of carbonyl (C=O) groups is 1. The van der Waals surface area contributed by atoms with Gasteiger partial charge in [0.15, 0.2) is 11.6 Å². The van der Waals surface area contributed by atoms with Crippen LogP contribution in [-0.2, 0) is 16.1 Å². The lowest BCUT2D eigenvalue weighted by atomic mass is 10.00. The standard InChI is InChI=1S/C15H18F2N2O2/c1-18-15(20)11-5-10-7-19(8-14(11)21-10)6-9-2-3-12(16)13(17)4-9/h2-4,10-11,14H,5-8H2,1H3,(H,18,20). The van der Waals surface area contributed by atoms with Gasteiger partial charge in [0.1, 0.15) is 0 Å². The van der Waals surface area contributed by atoms with E-state index in [1.54, 1.807) is 13.1 Å². The van der Waals surface area contributed by atoms with Gasteiger partial charge in [-0.05, 0) is 24.1 Å². The number of amides is 1. The molecule has 2 aliphatic rings. The molecule has 0 saturated carbocycles. The lowest BCUT2D eigenvalue weighted by molar-refractivity contribution is -0.127. The number of nitrogens with one attached hydrogen (secondary N) is 1. The Balaban J connectivity index is 1.66. The van der Waals surface area contributed by atoms with Gasteiger partial charge in [-0.25, -0.2) is 8.78 Å². The second kappa shape index (κ2) is 5.69. The zero-order valence-electron chi connectivity index (χ0n) is 11.8. The van der Waals surface area contributed by atoms with Gasteiger partial charge in [0.25, 0.3) is 0 Å². The van der Waals surface area contributed by atoms with E-state index in [-0.39, 0.29) is 24.0 Å². The highest BCUT2D eigenvalue weighted by Crippen LogP contribution is 2.32. The Hall–Kier alpha value is -1.53. The lowest BCUT2D eigenvalue weighted by Gasteiger charge is -2.32. The molecule has 2 aliphatic heterocycles. The molecule has 0 spiro atoms. The number of benzene rings is 1. The summed E-state index contributed by atoms with van der Waals surface area (Å²) < 4.78 is 32.0. The number of ether oxygens (including phenoxy) is 1. The van der Waals surface area contributed by atoms with Crippen LogP contribution in [0.3, 0.4) is 0 Å². The molecular weight excluding hydrogens is 278 g/mol. The Morgan fingerprint density at radius 2 is 2.19 bits per heavy atom. The molecule has 3 atom stereocenters. The van der Waals surface area contributed by atoms with Gasteiger partial charge in [0.2, 0.25) is 5.91 Å². The molecule has 0 aliphatic carbocycles. The number of fused-ring (bicyclic) bond motifs is 2. The first kappa shape index (κ1) is 14.4. The van der Waals surface area contributed by atoms with Crippen molar-refractivity contribution in [2.45, 2.75) is 25.2 Å². The second-order valence-electron chi connectivity index (χ2n) is 5.70. The first-order chi connectivity index (χ1) is 10.1. The normalized spacial score (nSPS) is 28.6. The molecule has 0 aromatic heterocycles. The SMILES string of the molecule is CNC(=O)C1CC2CN(Cc3ccc(F)c(F)c3)CC1O2. The second-order valence-corrected chi connectivity index (χ2v) is 5.70. The van der Waals surface area contributed by atoms with Gasteiger partial charge in [0.05, 0.1) is 18.1 Å². The maximum Gasteiger partial charge on any atom is 0.225 e. The van der Waals surface area contributed by atoms with Crippen LogP contribution in [0.2, 0.25) is 0 Å². The highest BCUT2D eigenvalue weighted by atomic mass is 19.2. The van der Waals surface area contributed by atoms with Crippen LogP contribution in [0.1, 0.15) is 12.0 Å². The maximum absolute atomic E-state index is 13.2. The molecule has 3 unspecified atom stereocenters. The summed E-state index contributed by atoms with van der Waals surface area (Å²) in [5, 5.41) is 2.67. The minimum Gasteiger partial charge on any atom is -0.371 e. The van der Waals surface area contributed by atoms with Gasteiger partial charge in [-0.3, -0.25) is 9.69 Å². The summed E-state index contributed by atoms with van der Waals surface area (Å²) in [6.45, 7) is 1.88. The highest BCUT2D eigenvalue weighted by molar-refractivity contribution is 5.79. The smallest absolute Gasteiger partial charge is 0.225 e. The summed E-state index contributed by atoms with van der Waals surface area (Å²) in [6.07, 6.45) is 0.642. The molecule has 0 radical (unpaired) electrons. The van der Waals surface area contributed by atoms with Gasteiger partial charge in [-0.15, -0.1) is 0 Å². The summed E-state index contributed by atoms with van der Waals surface area (Å²) in [5.74, 6) is -1.76. The van der Waals surface area contributed by atoms with Gasteiger partial charge in [-0.2, -0.15) is 0 Å². The number of hydrogen-bond acceptors (Lipinski definition) is 3. The van der Waals surface area contributed by atoms with Crippen LogP contribution in [0, 0.1) is 17.6 Å². The quantitative estimate of drug-likeness (QED) is 0.914. The van der Waals surface area contributed by atoms with Crippen molar-refractivity contribution in [2.24, 2.45) is 5.92 Å². The van der Waals surface area contributed by atoms with Crippen LogP contribution in [-0.4, -0.2) is 43.2 Å². The van der Waals surface area contributed by atoms with Crippen molar-refractivity contribution in [1.29, 1.82) is 0 Å². The lowest BCUT2D eigenvalue weighted by Crippen LogP contribution is -2.44. The summed E-state index contributed by atoms with van der Waals surface area (Å²) in [5.41, 5.74) is 0.728. The Labute approximate surface area is 122 Å². The molecule has 2 saturated heterocycles. The van der Waals surface area contributed by atoms with Gasteiger partial charge >= 0.3 is 0 Å². The van der Waals surface area contributed by atoms with Crippen LogP contribution in [0.25, 0.3) is 0 Å². The molecule has 2 fully saturated rings. The van der Waals surface area contributed by atoms with Crippen LogP contribution < -0.4 is 5.32 Å². The fourth-order valence-corrected chi connectivity index (χ4v) is 3.22. The first-order valence-electron chi connectivity index (χ1n) is 7.10. The van der Waals surface area contributed by atoms with E-state index in [4.69, 9.17) is 4.74 Å². The summed E-state index contributed by atoms with van der Waals surface area (Å²) in [6, 6.07) is 3.96. The van der Waals surface area contributed by atoms with Crippen LogP contribution in [0.15, 0.2) is 18.2 Å². The zero-order valence-corrected chi connectivity index (χ0v) is 11.8. The summed E-state index contributed by atoms with van der Waals surface area (Å²) in [7, 11) is 1.63. The number of halogens is 2. The third-order valence-corrected chi connectivity index (χ3v) is 4.21. The molecule has 21 heavy (non-hydrogen) atoms. The molecule has 4 nitrogen and oxygen atoms in total. The number of morpholine rings is 1. The van der Waals surface area contributed by atoms with Crippen molar-refractivity contribution in [3.05, 3.63) is 35.4 Å². The molecule has 1 amide bonds. The maximum atomic E-state index is 13.2.